The Kier molecular flexibility index (Phi) is 8.74. The Labute approximate surface area is 438 Å². The molecule has 0 fully saturated rings. The molecule has 5 aromatic heterocycles. The first kappa shape index (κ1) is 42.0. The lowest BCUT2D eigenvalue weighted by Gasteiger charge is -2.26. The maximum atomic E-state index is 7.01. The number of hydrogen-bond acceptors (Lipinski definition) is 7. The van der Waals surface area contributed by atoms with E-state index in [2.05, 4.69) is 186 Å². The van der Waals surface area contributed by atoms with Gasteiger partial charge in [0.2, 0.25) is 0 Å². The van der Waals surface area contributed by atoms with Gasteiger partial charge < -0.3 is 27.6 Å². The minimum Gasteiger partial charge on any atom is -0.456 e. The average molecular weight is 989 g/mol. The Bertz CT molecular complexity index is 5140. The molecule has 17 rings (SSSR count). The third-order valence-corrected chi connectivity index (χ3v) is 15.6. The monoisotopic (exact) mass is 988 g/mol. The van der Waals surface area contributed by atoms with E-state index in [-0.39, 0.29) is 0 Å². The van der Waals surface area contributed by atoms with Gasteiger partial charge in [0, 0.05) is 82.4 Å². The summed E-state index contributed by atoms with van der Waals surface area (Å²) in [6, 6.07) is 80.5. The van der Waals surface area contributed by atoms with Crippen molar-refractivity contribution in [2.75, 3.05) is 0 Å². The molecule has 1 aliphatic heterocycles. The van der Waals surface area contributed by atoms with Crippen molar-refractivity contribution >= 4 is 121 Å². The van der Waals surface area contributed by atoms with Crippen molar-refractivity contribution < 1.29 is 17.7 Å². The van der Waals surface area contributed by atoms with Crippen molar-refractivity contribution in [3.63, 3.8) is 0 Å². The summed E-state index contributed by atoms with van der Waals surface area (Å²) in [6.07, 6.45) is -0.521. The number of rotatable bonds is 6. The molecule has 1 aliphatic rings. The lowest BCUT2D eigenvalue weighted by atomic mass is 9.92. The first-order valence-electron chi connectivity index (χ1n) is 25.9. The van der Waals surface area contributed by atoms with Gasteiger partial charge in [0.1, 0.15) is 56.7 Å². The second kappa shape index (κ2) is 16.0. The van der Waals surface area contributed by atoms with Gasteiger partial charge in [0.15, 0.2) is 5.84 Å². The van der Waals surface area contributed by atoms with E-state index in [9.17, 15) is 0 Å². The maximum Gasteiger partial charge on any atom is 0.159 e. The molecule has 8 heteroatoms. The molecule has 6 heterocycles. The molecule has 8 nitrogen and oxygen atoms in total. The van der Waals surface area contributed by atoms with Crippen molar-refractivity contribution in [1.82, 2.24) is 9.88 Å². The van der Waals surface area contributed by atoms with Crippen LogP contribution in [0.1, 0.15) is 22.9 Å². The molecule has 1 atom stereocenters. The van der Waals surface area contributed by atoms with Crippen LogP contribution in [-0.2, 0) is 0 Å². The summed E-state index contributed by atoms with van der Waals surface area (Å²) in [4.78, 5) is 10.9. The van der Waals surface area contributed by atoms with E-state index in [0.717, 1.165) is 154 Å². The number of hydrogen-bond donors (Lipinski definition) is 1. The fourth-order valence-electron chi connectivity index (χ4n) is 12.1. The lowest BCUT2D eigenvalue weighted by molar-refractivity contribution is 0.655. The summed E-state index contributed by atoms with van der Waals surface area (Å²) in [5.41, 5.74) is 16.5. The van der Waals surface area contributed by atoms with Gasteiger partial charge in [-0.2, -0.15) is 0 Å². The molecule has 0 saturated carbocycles. The average Bonchev–Trinajstić information content (AvgIpc) is 4.52. The third kappa shape index (κ3) is 6.33. The lowest BCUT2D eigenvalue weighted by Crippen LogP contribution is -2.33. The van der Waals surface area contributed by atoms with Gasteiger partial charge in [0.25, 0.3) is 0 Å². The van der Waals surface area contributed by atoms with Crippen molar-refractivity contribution in [2.45, 2.75) is 6.17 Å². The Morgan fingerprint density at radius 3 is 1.55 bits per heavy atom. The highest BCUT2D eigenvalue weighted by molar-refractivity contribution is 6.26. The number of furan rings is 4. The minimum absolute atomic E-state index is 0.521. The van der Waals surface area contributed by atoms with E-state index in [1.807, 2.05) is 54.6 Å². The van der Waals surface area contributed by atoms with Crippen LogP contribution in [0.15, 0.2) is 258 Å². The maximum absolute atomic E-state index is 7.01. The van der Waals surface area contributed by atoms with E-state index < -0.39 is 6.17 Å². The Hall–Kier alpha value is -10.4. The second-order valence-corrected chi connectivity index (χ2v) is 20.0. The van der Waals surface area contributed by atoms with E-state index in [4.69, 9.17) is 27.7 Å². The minimum atomic E-state index is -0.521. The van der Waals surface area contributed by atoms with Crippen LogP contribution in [0.2, 0.25) is 0 Å². The fraction of sp³-hybridized carbons (Fsp3) is 0.0145. The summed E-state index contributed by atoms with van der Waals surface area (Å²) in [6.45, 7) is 0. The van der Waals surface area contributed by atoms with E-state index in [1.54, 1.807) is 0 Å². The third-order valence-electron chi connectivity index (χ3n) is 15.6. The first-order chi connectivity index (χ1) is 38.1. The zero-order valence-electron chi connectivity index (χ0n) is 41.0. The topological polar surface area (TPSA) is 94.2 Å². The highest BCUT2D eigenvalue weighted by atomic mass is 16.3. The first-order valence-corrected chi connectivity index (χ1v) is 25.9. The fourth-order valence-corrected chi connectivity index (χ4v) is 12.1. The number of nitrogens with zero attached hydrogens (tertiary/aromatic N) is 3. The van der Waals surface area contributed by atoms with Gasteiger partial charge in [-0.3, -0.25) is 0 Å². The predicted octanol–water partition coefficient (Wildman–Crippen LogP) is 18.2. The molecular formula is C69H40N4O4. The zero-order chi connectivity index (χ0) is 50.3. The van der Waals surface area contributed by atoms with Crippen LogP contribution >= 0.6 is 0 Å². The number of amidine groups is 2. The number of benzene rings is 11. The van der Waals surface area contributed by atoms with Gasteiger partial charge in [0.05, 0.1) is 22.1 Å². The summed E-state index contributed by atoms with van der Waals surface area (Å²) in [7, 11) is 0. The number of aromatic nitrogens is 1. The van der Waals surface area contributed by atoms with E-state index >= 15 is 0 Å². The van der Waals surface area contributed by atoms with Crippen molar-refractivity contribution in [1.29, 1.82) is 0 Å². The normalized spacial score (nSPS) is 14.1. The van der Waals surface area contributed by atoms with Gasteiger partial charge in [-0.25, -0.2) is 9.98 Å². The molecule has 11 aromatic carbocycles. The number of aliphatic imine (C=N–C) groups is 2. The molecule has 1 unspecified atom stereocenters. The summed E-state index contributed by atoms with van der Waals surface area (Å²) in [5, 5.41) is 14.5. The predicted molar refractivity (Wildman–Crippen MR) is 313 cm³/mol. The molecule has 0 aliphatic carbocycles. The van der Waals surface area contributed by atoms with Crippen molar-refractivity contribution in [2.24, 2.45) is 9.98 Å². The summed E-state index contributed by atoms with van der Waals surface area (Å²) < 4.78 is 28.7. The Balaban J connectivity index is 0.906. The summed E-state index contributed by atoms with van der Waals surface area (Å²) >= 11 is 0. The largest absolute Gasteiger partial charge is 0.456 e. The van der Waals surface area contributed by atoms with Gasteiger partial charge in [-0.1, -0.05) is 152 Å². The van der Waals surface area contributed by atoms with Gasteiger partial charge in [-0.05, 0) is 83.9 Å². The van der Waals surface area contributed by atoms with E-state index in [0.29, 0.717) is 11.7 Å². The van der Waals surface area contributed by atoms with Crippen LogP contribution in [0.3, 0.4) is 0 Å². The van der Waals surface area contributed by atoms with Crippen LogP contribution in [-0.4, -0.2) is 16.2 Å². The molecule has 0 saturated heterocycles. The number of fused-ring (bicyclic) bond motifs is 16. The van der Waals surface area contributed by atoms with Crippen LogP contribution in [0.25, 0.3) is 138 Å². The highest BCUT2D eigenvalue weighted by Crippen LogP contribution is 2.47. The molecule has 0 radical (unpaired) electrons. The number of para-hydroxylation sites is 4. The smallest absolute Gasteiger partial charge is 0.159 e. The molecule has 0 amide bonds. The molecule has 360 valence electrons. The highest BCUT2D eigenvalue weighted by Gasteiger charge is 2.28. The zero-order valence-corrected chi connectivity index (χ0v) is 41.0. The second-order valence-electron chi connectivity index (χ2n) is 20.0. The molecular weight excluding hydrogens is 949 g/mol. The molecule has 0 bridgehead atoms. The van der Waals surface area contributed by atoms with Gasteiger partial charge in [-0.15, -0.1) is 0 Å². The van der Waals surface area contributed by atoms with Crippen molar-refractivity contribution in [3.8, 4) is 27.9 Å². The Morgan fingerprint density at radius 2 is 0.870 bits per heavy atom. The summed E-state index contributed by atoms with van der Waals surface area (Å²) in [5.74, 6) is 1.26. The SMILES string of the molecule is c1ccc(-c2cc(C3=NC(c4ccc5c(c4)oc4ccccc45)=NC(c4ccc5c(c4)oc4ccccc45)N3)cc(-c3ccccc3)c2-n2c3ccccc3c3c4oc5cc6oc7ccccc7c6cc5c4ccc32)cc1. The molecule has 1 N–H and O–H groups in total. The van der Waals surface area contributed by atoms with Crippen LogP contribution in [0.5, 0.6) is 0 Å². The van der Waals surface area contributed by atoms with Crippen LogP contribution in [0.4, 0.5) is 0 Å². The van der Waals surface area contributed by atoms with Crippen LogP contribution in [0, 0.1) is 0 Å². The molecule has 16 aromatic rings. The van der Waals surface area contributed by atoms with Gasteiger partial charge >= 0.3 is 0 Å². The number of nitrogens with one attached hydrogen (secondary N) is 1. The van der Waals surface area contributed by atoms with E-state index in [1.165, 1.54) is 0 Å². The molecule has 77 heavy (non-hydrogen) atoms. The quantitative estimate of drug-likeness (QED) is 0.179. The molecule has 0 spiro atoms. The Morgan fingerprint density at radius 1 is 0.351 bits per heavy atom. The standard InChI is InChI=1S/C69H40N4O4/c1-3-15-39(16-4-1)51-33-43(69-71-67(41-27-29-47-44-19-8-12-24-57(44)74-60(47)35-41)70-68(72-69)42-28-30-48-45-20-9-13-25-58(45)75-61(48)36-42)34-52(40-17-5-2-6-18-40)65(51)73-55-23-11-7-22-50(55)64-56(73)32-31-49-54-37-53-46-21-10-14-26-59(46)76-62(53)38-63(54)77-66(49)64/h1-38,67H,(H,70,71,72). The van der Waals surface area contributed by atoms with Crippen LogP contribution < -0.4 is 5.32 Å². The van der Waals surface area contributed by atoms with Crippen molar-refractivity contribution in [3.05, 3.63) is 247 Å².